The topological polar surface area (TPSA) is 58.4 Å². The van der Waals surface area contributed by atoms with Crippen LogP contribution in [0.3, 0.4) is 0 Å². The van der Waals surface area contributed by atoms with E-state index in [0.29, 0.717) is 26.1 Å². The largest absolute Gasteiger partial charge is 0.341 e. The lowest BCUT2D eigenvalue weighted by molar-refractivity contribution is -0.130. The van der Waals surface area contributed by atoms with Gasteiger partial charge in [-0.1, -0.05) is 6.92 Å². The number of fused-ring (bicyclic) bond motifs is 1. The first-order valence-electron chi connectivity index (χ1n) is 8.01. The average molecular weight is 334 g/mol. The number of hydrogen-bond acceptors (Lipinski definition) is 4. The minimum absolute atomic E-state index is 0.0661. The highest BCUT2D eigenvalue weighted by molar-refractivity contribution is 7.20. The molecule has 0 aromatic carbocycles. The third-order valence-corrected chi connectivity index (χ3v) is 5.54. The third kappa shape index (κ3) is 2.97. The predicted octanol–water partition coefficient (Wildman–Crippen LogP) is 2.03. The highest BCUT2D eigenvalue weighted by Crippen LogP contribution is 2.28. The van der Waals surface area contributed by atoms with Gasteiger partial charge in [-0.3, -0.25) is 14.3 Å². The number of aryl methyl sites for hydroxylation is 2. The molecule has 2 aromatic rings. The Morgan fingerprint density at radius 2 is 1.91 bits per heavy atom. The van der Waals surface area contributed by atoms with Crippen LogP contribution in [0, 0.1) is 6.92 Å². The van der Waals surface area contributed by atoms with Crippen molar-refractivity contribution >= 4 is 33.4 Å². The molecule has 2 amide bonds. The second-order valence-electron chi connectivity index (χ2n) is 5.92. The van der Waals surface area contributed by atoms with E-state index in [1.807, 2.05) is 41.4 Å². The van der Waals surface area contributed by atoms with E-state index in [-0.39, 0.29) is 11.8 Å². The maximum Gasteiger partial charge on any atom is 0.264 e. The van der Waals surface area contributed by atoms with E-state index in [9.17, 15) is 9.59 Å². The first-order chi connectivity index (χ1) is 11.0. The Bertz CT molecular complexity index is 714. The van der Waals surface area contributed by atoms with E-state index in [0.717, 1.165) is 33.8 Å². The van der Waals surface area contributed by atoms with Gasteiger partial charge >= 0.3 is 0 Å². The Morgan fingerprint density at radius 1 is 1.22 bits per heavy atom. The molecule has 0 aliphatic carbocycles. The van der Waals surface area contributed by atoms with Gasteiger partial charge in [0.2, 0.25) is 5.91 Å². The van der Waals surface area contributed by atoms with Crippen molar-refractivity contribution in [2.24, 2.45) is 7.05 Å². The summed E-state index contributed by atoms with van der Waals surface area (Å²) in [5.41, 5.74) is 0.952. The highest BCUT2D eigenvalue weighted by Gasteiger charge is 2.24. The Labute approximate surface area is 139 Å². The van der Waals surface area contributed by atoms with Crippen LogP contribution in [0.25, 0.3) is 10.2 Å². The molecule has 6 nitrogen and oxygen atoms in total. The lowest BCUT2D eigenvalue weighted by atomic mass is 10.3. The maximum atomic E-state index is 12.8. The van der Waals surface area contributed by atoms with E-state index < -0.39 is 0 Å². The fourth-order valence-corrected chi connectivity index (χ4v) is 4.15. The van der Waals surface area contributed by atoms with Crippen molar-refractivity contribution in [3.63, 3.8) is 0 Å². The molecular weight excluding hydrogens is 312 g/mol. The van der Waals surface area contributed by atoms with Crippen LogP contribution in [0.4, 0.5) is 0 Å². The molecule has 0 saturated carbocycles. The van der Waals surface area contributed by atoms with Crippen molar-refractivity contribution in [1.29, 1.82) is 0 Å². The van der Waals surface area contributed by atoms with Crippen LogP contribution in [-0.2, 0) is 11.8 Å². The van der Waals surface area contributed by atoms with Gasteiger partial charge in [0.05, 0.1) is 10.6 Å². The quantitative estimate of drug-likeness (QED) is 0.844. The van der Waals surface area contributed by atoms with Gasteiger partial charge < -0.3 is 9.80 Å². The monoisotopic (exact) mass is 334 g/mol. The van der Waals surface area contributed by atoms with Crippen molar-refractivity contribution in [1.82, 2.24) is 19.6 Å². The standard InChI is InChI=1S/C16H22N4O2S/c1-4-14(21)19-6-5-7-20(9-8-19)15(22)13-10-12-11(2)17-18(3)16(12)23-13/h10H,4-9H2,1-3H3. The zero-order valence-corrected chi connectivity index (χ0v) is 14.7. The fraction of sp³-hybridized carbons (Fsp3) is 0.562. The summed E-state index contributed by atoms with van der Waals surface area (Å²) in [6.07, 6.45) is 1.36. The van der Waals surface area contributed by atoms with Crippen LogP contribution < -0.4 is 0 Å². The van der Waals surface area contributed by atoms with Gasteiger partial charge in [-0.25, -0.2) is 0 Å². The van der Waals surface area contributed by atoms with E-state index in [2.05, 4.69) is 5.10 Å². The molecule has 1 aliphatic heterocycles. The minimum atomic E-state index is 0.0661. The number of rotatable bonds is 2. The molecule has 23 heavy (non-hydrogen) atoms. The van der Waals surface area contributed by atoms with Gasteiger partial charge in [0.15, 0.2) is 0 Å². The fourth-order valence-electron chi connectivity index (χ4n) is 3.06. The number of aromatic nitrogens is 2. The van der Waals surface area contributed by atoms with Crippen molar-refractivity contribution < 1.29 is 9.59 Å². The average Bonchev–Trinajstić information content (AvgIpc) is 2.98. The molecule has 0 atom stereocenters. The number of nitrogens with zero attached hydrogens (tertiary/aromatic N) is 4. The van der Waals surface area contributed by atoms with Crippen molar-refractivity contribution in [3.05, 3.63) is 16.6 Å². The zero-order valence-electron chi connectivity index (χ0n) is 13.8. The summed E-state index contributed by atoms with van der Waals surface area (Å²) in [4.78, 5) is 30.2. The highest BCUT2D eigenvalue weighted by atomic mass is 32.1. The SMILES string of the molecule is CCC(=O)N1CCCN(C(=O)c2cc3c(C)nn(C)c3s2)CC1. The molecule has 0 unspecified atom stereocenters. The second-order valence-corrected chi connectivity index (χ2v) is 6.95. The van der Waals surface area contributed by atoms with E-state index >= 15 is 0 Å². The van der Waals surface area contributed by atoms with Gasteiger partial charge in [0, 0.05) is 45.0 Å². The number of hydrogen-bond donors (Lipinski definition) is 0. The summed E-state index contributed by atoms with van der Waals surface area (Å²) in [7, 11) is 1.90. The molecule has 1 fully saturated rings. The van der Waals surface area contributed by atoms with Gasteiger partial charge in [-0.05, 0) is 19.4 Å². The number of carbonyl (C=O) groups is 2. The summed E-state index contributed by atoms with van der Waals surface area (Å²) in [6, 6.07) is 1.95. The van der Waals surface area contributed by atoms with E-state index in [1.165, 1.54) is 11.3 Å². The van der Waals surface area contributed by atoms with Crippen LogP contribution in [0.2, 0.25) is 0 Å². The molecule has 1 aliphatic rings. The number of amides is 2. The molecule has 0 N–H and O–H groups in total. The molecule has 124 valence electrons. The summed E-state index contributed by atoms with van der Waals surface area (Å²) in [5, 5.41) is 5.43. The van der Waals surface area contributed by atoms with Gasteiger partial charge in [-0.15, -0.1) is 11.3 Å². The molecule has 3 heterocycles. The summed E-state index contributed by atoms with van der Waals surface area (Å²) >= 11 is 1.49. The van der Waals surface area contributed by atoms with Crippen molar-refractivity contribution in [2.75, 3.05) is 26.2 Å². The van der Waals surface area contributed by atoms with E-state index in [1.54, 1.807) is 0 Å². The number of thiophene rings is 1. The zero-order chi connectivity index (χ0) is 16.6. The van der Waals surface area contributed by atoms with Crippen molar-refractivity contribution in [3.8, 4) is 0 Å². The Balaban J connectivity index is 1.76. The third-order valence-electron chi connectivity index (χ3n) is 4.35. The summed E-state index contributed by atoms with van der Waals surface area (Å²) < 4.78 is 1.83. The molecule has 2 aromatic heterocycles. The first-order valence-corrected chi connectivity index (χ1v) is 8.83. The summed E-state index contributed by atoms with van der Waals surface area (Å²) in [5.74, 6) is 0.235. The van der Waals surface area contributed by atoms with Crippen LogP contribution in [0.1, 0.15) is 35.1 Å². The lowest BCUT2D eigenvalue weighted by Crippen LogP contribution is -2.36. The van der Waals surface area contributed by atoms with Crippen molar-refractivity contribution in [2.45, 2.75) is 26.7 Å². The Morgan fingerprint density at radius 3 is 2.61 bits per heavy atom. The van der Waals surface area contributed by atoms with Gasteiger partial charge in [-0.2, -0.15) is 5.10 Å². The van der Waals surface area contributed by atoms with Crippen LogP contribution in [-0.4, -0.2) is 57.6 Å². The minimum Gasteiger partial charge on any atom is -0.341 e. The second kappa shape index (κ2) is 6.31. The Hall–Kier alpha value is -1.89. The maximum absolute atomic E-state index is 12.8. The molecule has 3 rings (SSSR count). The molecule has 0 radical (unpaired) electrons. The molecular formula is C16H22N4O2S. The van der Waals surface area contributed by atoms with E-state index in [4.69, 9.17) is 0 Å². The molecule has 0 spiro atoms. The normalized spacial score (nSPS) is 16.0. The van der Waals surface area contributed by atoms with Crippen LogP contribution in [0.15, 0.2) is 6.07 Å². The predicted molar refractivity (Wildman–Crippen MR) is 90.7 cm³/mol. The smallest absolute Gasteiger partial charge is 0.264 e. The van der Waals surface area contributed by atoms with Crippen LogP contribution in [0.5, 0.6) is 0 Å². The Kier molecular flexibility index (Phi) is 4.39. The van der Waals surface area contributed by atoms with Crippen LogP contribution >= 0.6 is 11.3 Å². The summed E-state index contributed by atoms with van der Waals surface area (Å²) in [6.45, 7) is 6.52. The van der Waals surface area contributed by atoms with Gasteiger partial charge in [0.1, 0.15) is 4.83 Å². The van der Waals surface area contributed by atoms with Gasteiger partial charge in [0.25, 0.3) is 5.91 Å². The number of carbonyl (C=O) groups excluding carboxylic acids is 2. The molecule has 1 saturated heterocycles. The lowest BCUT2D eigenvalue weighted by Gasteiger charge is -2.21. The first kappa shape index (κ1) is 16.0. The molecule has 0 bridgehead atoms. The molecule has 7 heteroatoms.